The summed E-state index contributed by atoms with van der Waals surface area (Å²) in [5, 5.41) is 0. The van der Waals surface area contributed by atoms with Crippen molar-refractivity contribution in [3.63, 3.8) is 0 Å². The molecular formula is C12H15N5O. The number of rotatable bonds is 4. The fourth-order valence-corrected chi connectivity index (χ4v) is 1.69. The molecule has 94 valence electrons. The summed E-state index contributed by atoms with van der Waals surface area (Å²) in [5.41, 5.74) is 6.83. The lowest BCUT2D eigenvalue weighted by Gasteiger charge is -2.20. The van der Waals surface area contributed by atoms with Gasteiger partial charge in [-0.25, -0.2) is 9.97 Å². The quantitative estimate of drug-likeness (QED) is 0.869. The summed E-state index contributed by atoms with van der Waals surface area (Å²) in [6, 6.07) is 3.90. The Labute approximate surface area is 105 Å². The minimum absolute atomic E-state index is 0.334. The molecule has 18 heavy (non-hydrogen) atoms. The van der Waals surface area contributed by atoms with Gasteiger partial charge in [-0.1, -0.05) is 6.07 Å². The lowest BCUT2D eigenvalue weighted by Crippen LogP contribution is -2.19. The number of pyridine rings is 1. The molecular weight excluding hydrogens is 230 g/mol. The smallest absolute Gasteiger partial charge is 0.204 e. The Hall–Kier alpha value is -2.37. The van der Waals surface area contributed by atoms with E-state index in [-0.39, 0.29) is 0 Å². The van der Waals surface area contributed by atoms with E-state index >= 15 is 0 Å². The molecule has 0 saturated heterocycles. The Morgan fingerprint density at radius 1 is 1.39 bits per heavy atom. The van der Waals surface area contributed by atoms with E-state index in [1.54, 1.807) is 13.3 Å². The Bertz CT molecular complexity index is 517. The molecule has 0 saturated carbocycles. The number of ether oxygens (including phenoxy) is 1. The van der Waals surface area contributed by atoms with Crippen LogP contribution in [-0.4, -0.2) is 29.1 Å². The van der Waals surface area contributed by atoms with Gasteiger partial charge < -0.3 is 15.4 Å². The molecule has 0 aliphatic rings. The van der Waals surface area contributed by atoms with Gasteiger partial charge in [0.15, 0.2) is 11.6 Å². The number of anilines is 2. The zero-order valence-electron chi connectivity index (χ0n) is 10.4. The molecule has 0 radical (unpaired) electrons. The molecule has 6 nitrogen and oxygen atoms in total. The maximum Gasteiger partial charge on any atom is 0.204 e. The van der Waals surface area contributed by atoms with Crippen LogP contribution in [0.3, 0.4) is 0 Å². The predicted octanol–water partition coefficient (Wildman–Crippen LogP) is 1.10. The highest BCUT2D eigenvalue weighted by Crippen LogP contribution is 2.29. The highest BCUT2D eigenvalue weighted by atomic mass is 16.5. The number of nitrogen functional groups attached to an aromatic ring is 1. The predicted molar refractivity (Wildman–Crippen MR) is 69.3 cm³/mol. The van der Waals surface area contributed by atoms with Crippen LogP contribution in [0.4, 0.5) is 11.6 Å². The van der Waals surface area contributed by atoms with E-state index in [1.165, 1.54) is 6.33 Å². The third kappa shape index (κ3) is 2.48. The van der Waals surface area contributed by atoms with Gasteiger partial charge >= 0.3 is 0 Å². The number of hydrogen-bond acceptors (Lipinski definition) is 6. The number of nitrogens with two attached hydrogens (primary N) is 1. The Morgan fingerprint density at radius 2 is 2.22 bits per heavy atom. The lowest BCUT2D eigenvalue weighted by molar-refractivity contribution is 0.413. The van der Waals surface area contributed by atoms with Gasteiger partial charge in [0.05, 0.1) is 7.11 Å². The molecule has 0 unspecified atom stereocenters. The molecule has 2 heterocycles. The molecule has 0 spiro atoms. The molecule has 0 atom stereocenters. The summed E-state index contributed by atoms with van der Waals surface area (Å²) in [5.74, 6) is 1.48. The number of methoxy groups -OCH3 is 1. The molecule has 2 N–H and O–H groups in total. The summed E-state index contributed by atoms with van der Waals surface area (Å²) in [7, 11) is 3.47. The lowest BCUT2D eigenvalue weighted by atomic mass is 10.2. The maximum atomic E-state index is 5.75. The van der Waals surface area contributed by atoms with Gasteiger partial charge in [-0.2, -0.15) is 0 Å². The van der Waals surface area contributed by atoms with E-state index in [9.17, 15) is 0 Å². The zero-order valence-corrected chi connectivity index (χ0v) is 10.4. The molecule has 2 rings (SSSR count). The van der Waals surface area contributed by atoms with Crippen molar-refractivity contribution >= 4 is 11.6 Å². The topological polar surface area (TPSA) is 77.2 Å². The summed E-state index contributed by atoms with van der Waals surface area (Å²) < 4.78 is 5.23. The minimum Gasteiger partial charge on any atom is -0.490 e. The number of hydrogen-bond donors (Lipinski definition) is 1. The van der Waals surface area contributed by atoms with Crippen LogP contribution in [0, 0.1) is 0 Å². The van der Waals surface area contributed by atoms with Crippen molar-refractivity contribution < 1.29 is 4.74 Å². The standard InChI is InChI=1S/C12H15N5O/c1-17(7-9-4-3-5-14-6-9)12-10(18-2)11(13)15-8-16-12/h3-6,8H,7H2,1-2H3,(H2,13,15,16). The third-order valence-electron chi connectivity index (χ3n) is 2.52. The van der Waals surface area contributed by atoms with E-state index in [0.29, 0.717) is 23.9 Å². The summed E-state index contributed by atoms with van der Waals surface area (Å²) in [6.45, 7) is 0.667. The van der Waals surface area contributed by atoms with Crippen LogP contribution in [0.25, 0.3) is 0 Å². The number of nitrogens with zero attached hydrogens (tertiary/aromatic N) is 4. The van der Waals surface area contributed by atoms with Gasteiger partial charge in [-0.3, -0.25) is 4.98 Å². The van der Waals surface area contributed by atoms with Crippen LogP contribution < -0.4 is 15.4 Å². The first kappa shape index (κ1) is 12.1. The largest absolute Gasteiger partial charge is 0.490 e. The normalized spacial score (nSPS) is 10.1. The third-order valence-corrected chi connectivity index (χ3v) is 2.52. The maximum absolute atomic E-state index is 5.75. The van der Waals surface area contributed by atoms with Crippen molar-refractivity contribution in [2.75, 3.05) is 24.8 Å². The van der Waals surface area contributed by atoms with E-state index in [1.807, 2.05) is 30.3 Å². The second-order valence-electron chi connectivity index (χ2n) is 3.83. The summed E-state index contributed by atoms with van der Waals surface area (Å²) >= 11 is 0. The van der Waals surface area contributed by atoms with Crippen molar-refractivity contribution in [1.29, 1.82) is 0 Å². The highest BCUT2D eigenvalue weighted by Gasteiger charge is 2.13. The fourth-order valence-electron chi connectivity index (χ4n) is 1.69. The summed E-state index contributed by atoms with van der Waals surface area (Å²) in [6.07, 6.45) is 4.98. The van der Waals surface area contributed by atoms with Crippen molar-refractivity contribution in [1.82, 2.24) is 15.0 Å². The minimum atomic E-state index is 0.334. The SMILES string of the molecule is COc1c(N)ncnc1N(C)Cc1cccnc1. The first-order valence-corrected chi connectivity index (χ1v) is 5.47. The van der Waals surface area contributed by atoms with Gasteiger partial charge in [-0.15, -0.1) is 0 Å². The monoisotopic (exact) mass is 245 g/mol. The molecule has 0 bridgehead atoms. The fraction of sp³-hybridized carbons (Fsp3) is 0.250. The van der Waals surface area contributed by atoms with Crippen LogP contribution in [0.1, 0.15) is 5.56 Å². The van der Waals surface area contributed by atoms with Gasteiger partial charge in [0.2, 0.25) is 5.75 Å². The van der Waals surface area contributed by atoms with Crippen LogP contribution in [-0.2, 0) is 6.54 Å². The average molecular weight is 245 g/mol. The van der Waals surface area contributed by atoms with Crippen LogP contribution in [0.15, 0.2) is 30.9 Å². The van der Waals surface area contributed by atoms with Crippen LogP contribution in [0.2, 0.25) is 0 Å². The molecule has 0 amide bonds. The highest BCUT2D eigenvalue weighted by molar-refractivity contribution is 5.62. The van der Waals surface area contributed by atoms with Crippen LogP contribution >= 0.6 is 0 Å². The molecule has 0 aliphatic heterocycles. The van der Waals surface area contributed by atoms with Crippen molar-refractivity contribution in [3.05, 3.63) is 36.4 Å². The Balaban J connectivity index is 2.24. The molecule has 0 fully saturated rings. The van der Waals surface area contributed by atoms with Crippen molar-refractivity contribution in [3.8, 4) is 5.75 Å². The van der Waals surface area contributed by atoms with Gasteiger partial charge in [0.25, 0.3) is 0 Å². The number of aromatic nitrogens is 3. The first-order valence-electron chi connectivity index (χ1n) is 5.47. The summed E-state index contributed by atoms with van der Waals surface area (Å²) in [4.78, 5) is 14.1. The second kappa shape index (κ2) is 5.31. The second-order valence-corrected chi connectivity index (χ2v) is 3.83. The van der Waals surface area contributed by atoms with Gasteiger partial charge in [0.1, 0.15) is 6.33 Å². The van der Waals surface area contributed by atoms with Crippen molar-refractivity contribution in [2.24, 2.45) is 0 Å². The van der Waals surface area contributed by atoms with Gasteiger partial charge in [-0.05, 0) is 11.6 Å². The molecule has 2 aromatic heterocycles. The zero-order chi connectivity index (χ0) is 13.0. The molecule has 2 aromatic rings. The molecule has 0 aliphatic carbocycles. The Kier molecular flexibility index (Phi) is 3.57. The molecule has 0 aromatic carbocycles. The molecule has 6 heteroatoms. The average Bonchev–Trinajstić information content (AvgIpc) is 2.39. The van der Waals surface area contributed by atoms with Crippen molar-refractivity contribution in [2.45, 2.75) is 6.54 Å². The van der Waals surface area contributed by atoms with E-state index in [2.05, 4.69) is 15.0 Å². The van der Waals surface area contributed by atoms with E-state index in [4.69, 9.17) is 10.5 Å². The first-order chi connectivity index (χ1) is 8.72. The van der Waals surface area contributed by atoms with E-state index < -0.39 is 0 Å². The van der Waals surface area contributed by atoms with Gasteiger partial charge in [0, 0.05) is 26.0 Å². The van der Waals surface area contributed by atoms with E-state index in [0.717, 1.165) is 5.56 Å². The Morgan fingerprint density at radius 3 is 2.89 bits per heavy atom. The van der Waals surface area contributed by atoms with Crippen LogP contribution in [0.5, 0.6) is 5.75 Å².